The van der Waals surface area contributed by atoms with Gasteiger partial charge in [0.05, 0.1) is 17.1 Å². The Bertz CT molecular complexity index is 582. The van der Waals surface area contributed by atoms with E-state index in [2.05, 4.69) is 11.6 Å². The van der Waals surface area contributed by atoms with Gasteiger partial charge in [0.25, 0.3) is 0 Å². The number of hydrogen-bond donors (Lipinski definition) is 0. The topological polar surface area (TPSA) is 53.5 Å². The van der Waals surface area contributed by atoms with Gasteiger partial charge in [0.15, 0.2) is 0 Å². The van der Waals surface area contributed by atoms with E-state index in [1.54, 1.807) is 16.2 Å². The van der Waals surface area contributed by atoms with Gasteiger partial charge in [0.1, 0.15) is 0 Å². The number of carbonyl (C=O) groups excluding carboxylic acids is 2. The zero-order chi connectivity index (χ0) is 16.3. The quantitative estimate of drug-likeness (QED) is 0.796. The molecule has 1 atom stereocenters. The lowest BCUT2D eigenvalue weighted by molar-refractivity contribution is -0.140. The van der Waals surface area contributed by atoms with Crippen molar-refractivity contribution in [1.82, 2.24) is 14.8 Å². The highest BCUT2D eigenvalue weighted by atomic mass is 32.1. The summed E-state index contributed by atoms with van der Waals surface area (Å²) in [6.45, 7) is 11.3. The molecule has 5 nitrogen and oxygen atoms in total. The molecule has 1 aromatic heterocycles. The average molecular weight is 321 g/mol. The molecule has 22 heavy (non-hydrogen) atoms. The van der Waals surface area contributed by atoms with Crippen LogP contribution in [0.25, 0.3) is 0 Å². The van der Waals surface area contributed by atoms with Crippen LogP contribution >= 0.6 is 11.3 Å². The van der Waals surface area contributed by atoms with E-state index < -0.39 is 0 Å². The molecule has 0 aliphatic carbocycles. The molecule has 1 aliphatic rings. The number of aryl methyl sites for hydroxylation is 2. The Morgan fingerprint density at radius 1 is 1.41 bits per heavy atom. The summed E-state index contributed by atoms with van der Waals surface area (Å²) in [4.78, 5) is 33.6. The number of rotatable bonds is 4. The molecule has 0 N–H and O–H groups in total. The second-order valence-electron chi connectivity index (χ2n) is 5.55. The third-order valence-corrected chi connectivity index (χ3v) is 5.01. The van der Waals surface area contributed by atoms with Crippen LogP contribution in [0.5, 0.6) is 0 Å². The van der Waals surface area contributed by atoms with Crippen LogP contribution in [0.3, 0.4) is 0 Å². The van der Waals surface area contributed by atoms with Gasteiger partial charge in [-0.05, 0) is 26.3 Å². The number of hydrogen-bond acceptors (Lipinski definition) is 4. The van der Waals surface area contributed by atoms with Crippen molar-refractivity contribution in [3.63, 3.8) is 0 Å². The highest BCUT2D eigenvalue weighted by molar-refractivity contribution is 7.11. The van der Waals surface area contributed by atoms with Crippen LogP contribution in [0, 0.1) is 13.8 Å². The van der Waals surface area contributed by atoms with Gasteiger partial charge >= 0.3 is 0 Å². The lowest BCUT2D eigenvalue weighted by Gasteiger charge is -2.41. The summed E-state index contributed by atoms with van der Waals surface area (Å²) in [7, 11) is 0. The van der Waals surface area contributed by atoms with E-state index in [9.17, 15) is 9.59 Å². The Morgan fingerprint density at radius 3 is 2.68 bits per heavy atom. The number of aromatic nitrogens is 1. The number of piperazine rings is 1. The van der Waals surface area contributed by atoms with E-state index in [0.29, 0.717) is 26.1 Å². The lowest BCUT2D eigenvalue weighted by Crippen LogP contribution is -2.56. The highest BCUT2D eigenvalue weighted by Gasteiger charge is 2.31. The Balaban J connectivity index is 2.05. The van der Waals surface area contributed by atoms with Crippen LogP contribution < -0.4 is 0 Å². The fourth-order valence-electron chi connectivity index (χ4n) is 2.84. The van der Waals surface area contributed by atoms with Crippen LogP contribution in [-0.2, 0) is 16.0 Å². The fourth-order valence-corrected chi connectivity index (χ4v) is 3.68. The van der Waals surface area contributed by atoms with Crippen molar-refractivity contribution < 1.29 is 9.59 Å². The zero-order valence-corrected chi connectivity index (χ0v) is 14.3. The summed E-state index contributed by atoms with van der Waals surface area (Å²) in [5.74, 6) is 0.0440. The maximum absolute atomic E-state index is 12.6. The van der Waals surface area contributed by atoms with Gasteiger partial charge in [-0.1, -0.05) is 13.5 Å². The van der Waals surface area contributed by atoms with Crippen LogP contribution in [0.15, 0.2) is 12.7 Å². The van der Waals surface area contributed by atoms with Gasteiger partial charge in [0.2, 0.25) is 11.8 Å². The van der Waals surface area contributed by atoms with Gasteiger partial charge < -0.3 is 9.80 Å². The third kappa shape index (κ3) is 3.55. The van der Waals surface area contributed by atoms with Crippen molar-refractivity contribution in [2.24, 2.45) is 0 Å². The normalized spacial score (nSPS) is 18.4. The highest BCUT2D eigenvalue weighted by Crippen LogP contribution is 2.20. The lowest BCUT2D eigenvalue weighted by atomic mass is 10.1. The molecular formula is C16H23N3O2S. The fraction of sp³-hybridized carbons (Fsp3) is 0.562. The largest absolute Gasteiger partial charge is 0.336 e. The van der Waals surface area contributed by atoms with E-state index in [1.165, 1.54) is 6.08 Å². The first-order valence-electron chi connectivity index (χ1n) is 7.60. The van der Waals surface area contributed by atoms with Gasteiger partial charge in [-0.2, -0.15) is 0 Å². The molecule has 0 radical (unpaired) electrons. The first kappa shape index (κ1) is 16.7. The van der Waals surface area contributed by atoms with Gasteiger partial charge in [-0.15, -0.1) is 11.3 Å². The van der Waals surface area contributed by atoms with Crippen LogP contribution in [-0.4, -0.2) is 52.3 Å². The average Bonchev–Trinajstić information content (AvgIpc) is 2.83. The van der Waals surface area contributed by atoms with Crippen LogP contribution in [0.2, 0.25) is 0 Å². The molecule has 0 aromatic carbocycles. The Morgan fingerprint density at radius 2 is 2.14 bits per heavy atom. The molecule has 2 rings (SSSR count). The summed E-state index contributed by atoms with van der Waals surface area (Å²) in [5.41, 5.74) is 0.881. The molecule has 1 aromatic rings. The molecule has 2 heterocycles. The second-order valence-corrected chi connectivity index (χ2v) is 6.96. The second kappa shape index (κ2) is 7.05. The Kier molecular flexibility index (Phi) is 5.34. The van der Waals surface area contributed by atoms with Crippen LogP contribution in [0.4, 0.5) is 0 Å². The molecule has 1 unspecified atom stereocenters. The van der Waals surface area contributed by atoms with Crippen molar-refractivity contribution in [3.8, 4) is 0 Å². The summed E-state index contributed by atoms with van der Waals surface area (Å²) in [5, 5.41) is 0.994. The summed E-state index contributed by atoms with van der Waals surface area (Å²) in [6.07, 6.45) is 2.52. The molecule has 1 fully saturated rings. The maximum atomic E-state index is 12.6. The molecule has 120 valence electrons. The van der Waals surface area contributed by atoms with Crippen molar-refractivity contribution in [2.75, 3.05) is 19.6 Å². The predicted molar refractivity (Wildman–Crippen MR) is 87.9 cm³/mol. The number of amides is 2. The smallest absolute Gasteiger partial charge is 0.246 e. The van der Waals surface area contributed by atoms with Crippen LogP contribution in [0.1, 0.15) is 28.9 Å². The maximum Gasteiger partial charge on any atom is 0.246 e. The SMILES string of the molecule is C=CC(=O)N1CCN(C(=O)Cc2nc(C)sc2C)C(CC)C1. The van der Waals surface area contributed by atoms with Crippen molar-refractivity contribution >= 4 is 23.2 Å². The van der Waals surface area contributed by atoms with Gasteiger partial charge in [0, 0.05) is 30.6 Å². The van der Waals surface area contributed by atoms with E-state index in [0.717, 1.165) is 22.0 Å². The zero-order valence-electron chi connectivity index (χ0n) is 13.5. The van der Waals surface area contributed by atoms with E-state index in [-0.39, 0.29) is 17.9 Å². The van der Waals surface area contributed by atoms with Gasteiger partial charge in [-0.3, -0.25) is 9.59 Å². The standard InChI is InChI=1S/C16H23N3O2S/c1-5-13-10-18(15(20)6-2)7-8-19(13)16(21)9-14-11(3)22-12(4)17-14/h6,13H,2,5,7-10H2,1,3-4H3. The van der Waals surface area contributed by atoms with Gasteiger partial charge in [-0.25, -0.2) is 4.98 Å². The Labute approximate surface area is 135 Å². The molecule has 2 amide bonds. The molecule has 0 bridgehead atoms. The molecule has 6 heteroatoms. The molecule has 0 spiro atoms. The summed E-state index contributed by atoms with van der Waals surface area (Å²) >= 11 is 1.63. The first-order valence-corrected chi connectivity index (χ1v) is 8.41. The summed E-state index contributed by atoms with van der Waals surface area (Å²) < 4.78 is 0. The van der Waals surface area contributed by atoms with E-state index in [1.807, 2.05) is 25.7 Å². The third-order valence-electron chi connectivity index (χ3n) is 4.08. The Hall–Kier alpha value is -1.69. The molecule has 1 saturated heterocycles. The minimum atomic E-state index is -0.0588. The minimum absolute atomic E-state index is 0.0588. The molecule has 0 saturated carbocycles. The number of nitrogens with zero attached hydrogens (tertiary/aromatic N) is 3. The van der Waals surface area contributed by atoms with Crippen molar-refractivity contribution in [1.29, 1.82) is 0 Å². The van der Waals surface area contributed by atoms with Crippen molar-refractivity contribution in [2.45, 2.75) is 39.7 Å². The van der Waals surface area contributed by atoms with E-state index >= 15 is 0 Å². The minimum Gasteiger partial charge on any atom is -0.336 e. The van der Waals surface area contributed by atoms with E-state index in [4.69, 9.17) is 0 Å². The molecular weight excluding hydrogens is 298 g/mol. The summed E-state index contributed by atoms with van der Waals surface area (Å²) in [6, 6.07) is 0.0742. The predicted octanol–water partition coefficient (Wildman–Crippen LogP) is 1.94. The number of thiazole rings is 1. The first-order chi connectivity index (χ1) is 10.5. The monoisotopic (exact) mass is 321 g/mol. The van der Waals surface area contributed by atoms with Crippen molar-refractivity contribution in [3.05, 3.63) is 28.2 Å². The molecule has 1 aliphatic heterocycles. The number of carbonyl (C=O) groups is 2.